The van der Waals surface area contributed by atoms with Crippen LogP contribution >= 0.6 is 0 Å². The zero-order chi connectivity index (χ0) is 24.5. The number of alkyl carbamates (subject to hydrolysis) is 1. The summed E-state index contributed by atoms with van der Waals surface area (Å²) in [5.41, 5.74) is 0.894. The van der Waals surface area contributed by atoms with Crippen LogP contribution in [0.5, 0.6) is 0 Å². The Labute approximate surface area is 199 Å². The third-order valence-electron chi connectivity index (χ3n) is 5.76. The third-order valence-corrected chi connectivity index (χ3v) is 5.76. The maximum Gasteiger partial charge on any atom is 0.408 e. The predicted molar refractivity (Wildman–Crippen MR) is 131 cm³/mol. The number of rotatable bonds is 16. The highest BCUT2D eigenvalue weighted by Crippen LogP contribution is 2.09. The summed E-state index contributed by atoms with van der Waals surface area (Å²) in [6.07, 6.45) is 6.58. The summed E-state index contributed by atoms with van der Waals surface area (Å²) >= 11 is 0. The molecule has 7 heteroatoms. The fourth-order valence-corrected chi connectivity index (χ4v) is 3.17. The number of carbonyl (C=O) groups excluding carboxylic acids is 3. The lowest BCUT2D eigenvalue weighted by Gasteiger charge is -2.23. The smallest absolute Gasteiger partial charge is 0.408 e. The van der Waals surface area contributed by atoms with Crippen LogP contribution in [0.1, 0.15) is 71.8 Å². The van der Waals surface area contributed by atoms with E-state index in [2.05, 4.69) is 22.9 Å². The van der Waals surface area contributed by atoms with Crippen molar-refractivity contribution in [3.05, 3.63) is 42.3 Å². The Hall–Kier alpha value is -2.57. The average molecular weight is 461 g/mol. The Morgan fingerprint density at radius 2 is 1.55 bits per heavy atom. The van der Waals surface area contributed by atoms with Gasteiger partial charge in [0.05, 0.1) is 6.42 Å². The van der Waals surface area contributed by atoms with Crippen molar-refractivity contribution < 1.29 is 19.1 Å². The molecule has 0 aliphatic rings. The van der Waals surface area contributed by atoms with Gasteiger partial charge in [0.2, 0.25) is 11.8 Å². The molecular formula is C26H42N3O4. The van der Waals surface area contributed by atoms with E-state index in [1.807, 2.05) is 51.1 Å². The van der Waals surface area contributed by atoms with E-state index < -0.39 is 12.1 Å². The SMILES string of the molecule is CCC(C)[CH]C(=O)NCCCCCCNC(=O)C(NC(=O)OCc1ccccc1)C(C)CC. The molecule has 0 heterocycles. The van der Waals surface area contributed by atoms with Crippen molar-refractivity contribution in [2.24, 2.45) is 11.8 Å². The van der Waals surface area contributed by atoms with Gasteiger partial charge in [-0.05, 0) is 30.2 Å². The molecule has 3 N–H and O–H groups in total. The standard InChI is InChI=1S/C26H42N3O4/c1-5-20(3)18-23(30)27-16-12-7-8-13-17-28-25(31)24(21(4)6-2)29-26(32)33-19-22-14-10-9-11-15-22/h9-11,14-15,18,20-21,24H,5-8,12-13,16-17,19H2,1-4H3,(H,27,30)(H,28,31)(H,29,32). The first kappa shape index (κ1) is 28.5. The van der Waals surface area contributed by atoms with Crippen LogP contribution in [0.2, 0.25) is 0 Å². The van der Waals surface area contributed by atoms with Crippen LogP contribution in [-0.4, -0.2) is 37.0 Å². The molecule has 7 nitrogen and oxygen atoms in total. The second-order valence-electron chi connectivity index (χ2n) is 8.62. The monoisotopic (exact) mass is 460 g/mol. The Bertz CT molecular complexity index is 696. The highest BCUT2D eigenvalue weighted by atomic mass is 16.5. The number of amides is 3. The van der Waals surface area contributed by atoms with Gasteiger partial charge in [0, 0.05) is 13.1 Å². The van der Waals surface area contributed by atoms with Crippen molar-refractivity contribution in [3.8, 4) is 0 Å². The molecule has 0 saturated heterocycles. The van der Waals surface area contributed by atoms with E-state index in [0.29, 0.717) is 19.0 Å². The molecule has 3 amide bonds. The van der Waals surface area contributed by atoms with Crippen LogP contribution in [0, 0.1) is 18.3 Å². The lowest BCUT2D eigenvalue weighted by molar-refractivity contribution is -0.124. The van der Waals surface area contributed by atoms with Gasteiger partial charge in [-0.2, -0.15) is 0 Å². The maximum absolute atomic E-state index is 12.6. The summed E-state index contributed by atoms with van der Waals surface area (Å²) in [5, 5.41) is 8.56. The van der Waals surface area contributed by atoms with E-state index >= 15 is 0 Å². The highest BCUT2D eigenvalue weighted by Gasteiger charge is 2.26. The molecule has 185 valence electrons. The molecule has 3 unspecified atom stereocenters. The van der Waals surface area contributed by atoms with Crippen molar-refractivity contribution >= 4 is 17.9 Å². The first-order valence-corrected chi connectivity index (χ1v) is 12.2. The van der Waals surface area contributed by atoms with Crippen LogP contribution in [0.25, 0.3) is 0 Å². The molecule has 0 bridgehead atoms. The van der Waals surface area contributed by atoms with E-state index in [9.17, 15) is 14.4 Å². The van der Waals surface area contributed by atoms with Crippen molar-refractivity contribution in [1.29, 1.82) is 0 Å². The van der Waals surface area contributed by atoms with Gasteiger partial charge >= 0.3 is 6.09 Å². The molecular weight excluding hydrogens is 418 g/mol. The molecule has 0 aliphatic carbocycles. The Balaban J connectivity index is 2.24. The zero-order valence-corrected chi connectivity index (χ0v) is 20.7. The number of nitrogens with one attached hydrogen (secondary N) is 3. The first-order valence-electron chi connectivity index (χ1n) is 12.2. The molecule has 1 aromatic carbocycles. The van der Waals surface area contributed by atoms with E-state index in [-0.39, 0.29) is 24.3 Å². The Morgan fingerprint density at radius 1 is 0.909 bits per heavy atom. The topological polar surface area (TPSA) is 96.5 Å². The van der Waals surface area contributed by atoms with Crippen molar-refractivity contribution in [2.75, 3.05) is 13.1 Å². The predicted octanol–water partition coefficient (Wildman–Crippen LogP) is 4.37. The molecule has 0 saturated carbocycles. The molecule has 3 atom stereocenters. The summed E-state index contributed by atoms with van der Waals surface area (Å²) in [6, 6.07) is 8.80. The van der Waals surface area contributed by atoms with Crippen molar-refractivity contribution in [3.63, 3.8) is 0 Å². The van der Waals surface area contributed by atoms with E-state index in [4.69, 9.17) is 4.74 Å². The highest BCUT2D eigenvalue weighted by molar-refractivity contribution is 5.86. The average Bonchev–Trinajstić information content (AvgIpc) is 2.82. The quantitative estimate of drug-likeness (QED) is 0.319. The minimum Gasteiger partial charge on any atom is -0.445 e. The van der Waals surface area contributed by atoms with Crippen LogP contribution in [0.3, 0.4) is 0 Å². The van der Waals surface area contributed by atoms with Gasteiger partial charge in [-0.15, -0.1) is 0 Å². The second-order valence-corrected chi connectivity index (χ2v) is 8.62. The largest absolute Gasteiger partial charge is 0.445 e. The van der Waals surface area contributed by atoms with E-state index in [0.717, 1.165) is 44.1 Å². The lowest BCUT2D eigenvalue weighted by atomic mass is 9.98. The fourth-order valence-electron chi connectivity index (χ4n) is 3.17. The van der Waals surface area contributed by atoms with Crippen molar-refractivity contribution in [1.82, 2.24) is 16.0 Å². The van der Waals surface area contributed by atoms with Gasteiger partial charge in [-0.25, -0.2) is 4.79 Å². The third kappa shape index (κ3) is 12.9. The number of hydrogen-bond donors (Lipinski definition) is 3. The van der Waals surface area contributed by atoms with Gasteiger partial charge in [-0.1, -0.05) is 83.7 Å². The number of benzene rings is 1. The number of unbranched alkanes of at least 4 members (excludes halogenated alkanes) is 3. The van der Waals surface area contributed by atoms with Gasteiger partial charge in [-0.3, -0.25) is 9.59 Å². The summed E-state index contributed by atoms with van der Waals surface area (Å²) in [6.45, 7) is 9.41. The maximum atomic E-state index is 12.6. The molecule has 33 heavy (non-hydrogen) atoms. The van der Waals surface area contributed by atoms with Gasteiger partial charge in [0.15, 0.2) is 0 Å². The minimum atomic E-state index is -0.629. The molecule has 1 aromatic rings. The first-order chi connectivity index (χ1) is 15.9. The van der Waals surface area contributed by atoms with Gasteiger partial charge < -0.3 is 20.7 Å². The Morgan fingerprint density at radius 3 is 2.15 bits per heavy atom. The van der Waals surface area contributed by atoms with Crippen LogP contribution in [-0.2, 0) is 20.9 Å². The van der Waals surface area contributed by atoms with Crippen LogP contribution in [0.4, 0.5) is 4.79 Å². The summed E-state index contributed by atoms with van der Waals surface area (Å²) in [4.78, 5) is 36.6. The second kappa shape index (κ2) is 17.0. The molecule has 1 rings (SSSR count). The number of ether oxygens (including phenoxy) is 1. The molecule has 0 aromatic heterocycles. The fraction of sp³-hybridized carbons (Fsp3) is 0.615. The van der Waals surface area contributed by atoms with E-state index in [1.165, 1.54) is 0 Å². The summed E-state index contributed by atoms with van der Waals surface area (Å²) in [5.74, 6) is 0.106. The van der Waals surface area contributed by atoms with Crippen LogP contribution < -0.4 is 16.0 Å². The van der Waals surface area contributed by atoms with Gasteiger partial charge in [0.1, 0.15) is 12.6 Å². The van der Waals surface area contributed by atoms with E-state index in [1.54, 1.807) is 6.42 Å². The Kier molecular flexibility index (Phi) is 14.6. The molecule has 0 fully saturated rings. The van der Waals surface area contributed by atoms with Crippen molar-refractivity contribution in [2.45, 2.75) is 78.9 Å². The number of hydrogen-bond acceptors (Lipinski definition) is 4. The van der Waals surface area contributed by atoms with Gasteiger partial charge in [0.25, 0.3) is 0 Å². The normalized spacial score (nSPS) is 13.5. The summed E-state index contributed by atoms with van der Waals surface area (Å²) in [7, 11) is 0. The molecule has 0 spiro atoms. The van der Waals surface area contributed by atoms with Crippen LogP contribution in [0.15, 0.2) is 30.3 Å². The minimum absolute atomic E-state index is 0.00231. The molecule has 1 radical (unpaired) electrons. The lowest BCUT2D eigenvalue weighted by Crippen LogP contribution is -2.50. The molecule has 0 aliphatic heterocycles. The zero-order valence-electron chi connectivity index (χ0n) is 20.7. The number of carbonyl (C=O) groups is 3. The summed E-state index contributed by atoms with van der Waals surface area (Å²) < 4.78 is 5.27.